The van der Waals surface area contributed by atoms with Crippen LogP contribution < -0.4 is 49.0 Å². The van der Waals surface area contributed by atoms with Crippen molar-refractivity contribution < 1.29 is 39.9 Å². The topological polar surface area (TPSA) is 227 Å². The van der Waals surface area contributed by atoms with Crippen LogP contribution in [0.2, 0.25) is 0 Å². The maximum Gasteiger partial charge on any atom is 0.227 e. The Morgan fingerprint density at radius 2 is 0.486 bits per heavy atom. The van der Waals surface area contributed by atoms with Crippen molar-refractivity contribution in [3.8, 4) is 0 Å². The Bertz CT molecular complexity index is 8170. The summed E-state index contributed by atoms with van der Waals surface area (Å²) < 4.78 is 138. The number of nitrogens with zero attached hydrogens (tertiary/aromatic N) is 20. The molecule has 20 aromatic rings. The van der Waals surface area contributed by atoms with Crippen molar-refractivity contribution in [2.45, 2.75) is 214 Å². The summed E-state index contributed by atoms with van der Waals surface area (Å²) in [5.74, 6) is 3.18. The average Bonchev–Trinajstić information content (AvgIpc) is 1.56. The van der Waals surface area contributed by atoms with E-state index < -0.39 is 63.2 Å². The maximum atomic E-state index is 8.79. The highest BCUT2D eigenvalue weighted by molar-refractivity contribution is 6.15. The Kier molecular flexibility index (Phi) is 18.7. The fraction of sp³-hybridized carbons (Fsp3) is 0.292. The smallest absolute Gasteiger partial charge is 0.227 e. The molecule has 0 fully saturated rings. The molecule has 0 aliphatic carbocycles. The van der Waals surface area contributed by atoms with Crippen molar-refractivity contribution in [3.63, 3.8) is 0 Å². The molecule has 25 nitrogen and oxygen atoms in total. The first-order chi connectivity index (χ1) is 71.3. The monoisotopic (exact) mass is 1850 g/mol. The van der Waals surface area contributed by atoms with Crippen LogP contribution in [0.15, 0.2) is 235 Å². The standard InChI is InChI=1S/4C23H24N4O.C21H20N4O/c2*1-13(2)26-16(5)27(19-7-6-12-24-22(19)26)20-14(3)8-10-17-18-11-9-15(4)25-23(18)28-21(17)20;2*1-13(2)26-16(5)27(22-19(26)7-6-12-24-22)20-14(3)8-10-17-18-11-9-15(4)25-23(18)28-21(17)20;1-12-7-9-15-16-10-8-13(2)23-21(16)26-19(15)18(12)25-14(3)24(4)20-17(25)6-5-11-22-20/h4*6-13,16H,1-5H3;5-11,14H,1-4H3/i1D3,13D;13D;1D3,13D;13D;4D3. The summed E-state index contributed by atoms with van der Waals surface area (Å²) in [7, 11) is 0. The first-order valence-corrected chi connectivity index (χ1v) is 46.5. The first-order valence-electron chi connectivity index (χ1n) is 53.0. The molecule has 0 bridgehead atoms. The summed E-state index contributed by atoms with van der Waals surface area (Å²) in [6, 6.07) is 54.3. The number of anilines is 15. The normalized spacial score (nSPS) is 19.3. The SMILES string of the molecule is [2H]C(C)(C)N1c2cccnc2N(c2c(C)ccc3c2oc2nc(C)ccc23)C1C.[2H]C(C)(C)N1c2ncccc2N(c2c(C)ccc3c2oc2nc(C)ccc23)C1C.[2H]C([2H])([2H])C([2H])(C)N1c2cccnc2N(c2c(C)ccc3c2oc2nc(C)ccc23)C1C.[2H]C([2H])([2H])C([2H])(C)N1c2ncccc2N(c2c(C)ccc3c2oc2nc(C)ccc23)C1C.[2H]C([2H])([2H])N1c2ncccc2N(c2c(C)ccc3c2oc2nc(C)ccc23)C1C. The Morgan fingerprint density at radius 3 is 0.775 bits per heavy atom. The molecule has 5 aliphatic heterocycles. The van der Waals surface area contributed by atoms with Crippen LogP contribution in [0.4, 0.5) is 86.0 Å². The number of benzene rings is 5. The summed E-state index contributed by atoms with van der Waals surface area (Å²) in [6.45, 7) is 32.8. The fourth-order valence-corrected chi connectivity index (χ4v) is 20.9. The Hall–Kier alpha value is -15.4. The number of fused-ring (bicyclic) bond motifs is 20. The molecule has 698 valence electrons. The molecule has 25 heteroatoms. The molecule has 0 saturated heterocycles. The molecule has 5 aliphatic rings. The van der Waals surface area contributed by atoms with Gasteiger partial charge < -0.3 is 71.1 Å². The maximum absolute atomic E-state index is 8.79. The van der Waals surface area contributed by atoms with Crippen LogP contribution in [0.5, 0.6) is 0 Å². The van der Waals surface area contributed by atoms with Gasteiger partial charge >= 0.3 is 0 Å². The van der Waals surface area contributed by atoms with E-state index in [2.05, 4.69) is 130 Å². The van der Waals surface area contributed by atoms with Crippen molar-refractivity contribution in [1.82, 2.24) is 49.8 Å². The van der Waals surface area contributed by atoms with E-state index in [0.29, 0.717) is 68.5 Å². The summed E-state index contributed by atoms with van der Waals surface area (Å²) in [4.78, 5) is 64.7. The highest BCUT2D eigenvalue weighted by Crippen LogP contribution is 2.55. The quantitative estimate of drug-likeness (QED) is 0.131. The number of hydrogen-bond donors (Lipinski definition) is 0. The van der Waals surface area contributed by atoms with Crippen molar-refractivity contribution in [3.05, 3.63) is 269 Å². The van der Waals surface area contributed by atoms with E-state index in [9.17, 15) is 0 Å². The lowest BCUT2D eigenvalue weighted by molar-refractivity contribution is 0.597. The zero-order valence-corrected chi connectivity index (χ0v) is 81.1. The van der Waals surface area contributed by atoms with Crippen LogP contribution in [0.1, 0.15) is 164 Å². The van der Waals surface area contributed by atoms with Gasteiger partial charge in [0, 0.05) is 157 Å². The lowest BCUT2D eigenvalue weighted by Crippen LogP contribution is -2.42. The van der Waals surface area contributed by atoms with Crippen molar-refractivity contribution >= 4 is 196 Å². The van der Waals surface area contributed by atoms with Crippen molar-refractivity contribution in [2.24, 2.45) is 0 Å². The predicted molar refractivity (Wildman–Crippen MR) is 563 cm³/mol. The Morgan fingerprint density at radius 1 is 0.254 bits per heavy atom. The van der Waals surface area contributed by atoms with Crippen LogP contribution in [0.3, 0.4) is 0 Å². The van der Waals surface area contributed by atoms with Gasteiger partial charge in [0.25, 0.3) is 0 Å². The van der Waals surface area contributed by atoms with Crippen LogP contribution >= 0.6 is 0 Å². The minimum atomic E-state index is -2.53. The molecule has 0 amide bonds. The molecule has 25 rings (SSSR count). The highest BCUT2D eigenvalue weighted by Gasteiger charge is 2.45. The van der Waals surface area contributed by atoms with Gasteiger partial charge in [0.05, 0.1) is 62.4 Å². The lowest BCUT2D eigenvalue weighted by Gasteiger charge is -2.33. The minimum absolute atomic E-state index is 0.0837. The summed E-state index contributed by atoms with van der Waals surface area (Å²) >= 11 is 0. The van der Waals surface area contributed by atoms with E-state index in [1.807, 2.05) is 257 Å². The number of aryl methyl sites for hydroxylation is 10. The Labute approximate surface area is 821 Å². The first kappa shape index (κ1) is 74.9. The zero-order chi connectivity index (χ0) is 107. The van der Waals surface area contributed by atoms with E-state index >= 15 is 0 Å². The highest BCUT2D eigenvalue weighted by atomic mass is 16.4. The van der Waals surface area contributed by atoms with Gasteiger partial charge in [0.2, 0.25) is 28.6 Å². The van der Waals surface area contributed by atoms with Crippen molar-refractivity contribution in [2.75, 3.05) is 56.0 Å². The van der Waals surface area contributed by atoms with Gasteiger partial charge in [-0.15, -0.1) is 0 Å². The molecular formula is C113H116N20O5. The fourth-order valence-electron chi connectivity index (χ4n) is 20.9. The number of rotatable bonds is 9. The molecule has 0 spiro atoms. The molecule has 20 heterocycles. The molecule has 0 N–H and O–H groups in total. The van der Waals surface area contributed by atoms with Gasteiger partial charge in [-0.25, -0.2) is 49.8 Å². The zero-order valence-electron chi connectivity index (χ0n) is 94.1. The second kappa shape index (κ2) is 34.4. The van der Waals surface area contributed by atoms with E-state index in [0.717, 1.165) is 184 Å². The number of hydrogen-bond acceptors (Lipinski definition) is 25. The van der Waals surface area contributed by atoms with Crippen LogP contribution in [0, 0.1) is 69.2 Å². The molecule has 138 heavy (non-hydrogen) atoms. The second-order valence-corrected chi connectivity index (χ2v) is 36.7. The predicted octanol–water partition coefficient (Wildman–Crippen LogP) is 27.7. The van der Waals surface area contributed by atoms with Crippen molar-refractivity contribution in [1.29, 1.82) is 0 Å². The molecule has 5 aromatic carbocycles. The van der Waals surface area contributed by atoms with Gasteiger partial charge in [0.1, 0.15) is 30.8 Å². The van der Waals surface area contributed by atoms with Crippen LogP contribution in [-0.2, 0) is 0 Å². The third-order valence-electron chi connectivity index (χ3n) is 27.0. The third-order valence-corrected chi connectivity index (χ3v) is 27.0. The van der Waals surface area contributed by atoms with E-state index in [-0.39, 0.29) is 12.3 Å². The van der Waals surface area contributed by atoms with Gasteiger partial charge in [-0.1, -0.05) is 60.7 Å². The number of furan rings is 5. The number of pyridine rings is 10. The van der Waals surface area contributed by atoms with E-state index in [1.165, 1.54) is 18.7 Å². The summed E-state index contributed by atoms with van der Waals surface area (Å²) in [6.07, 6.45) is 6.93. The Balaban J connectivity index is 0.000000110. The minimum Gasteiger partial charge on any atom is -0.435 e. The largest absolute Gasteiger partial charge is 0.435 e. The molecule has 15 aromatic heterocycles. The van der Waals surface area contributed by atoms with Crippen LogP contribution in [0.25, 0.3) is 110 Å². The number of aromatic nitrogens is 10. The molecule has 0 radical (unpaired) electrons. The van der Waals surface area contributed by atoms with Gasteiger partial charge in [0.15, 0.2) is 57.0 Å². The molecule has 7 atom stereocenters. The second-order valence-electron chi connectivity index (χ2n) is 36.7. The summed E-state index contributed by atoms with van der Waals surface area (Å²) in [5.41, 5.74) is 24.8. The molecule has 0 saturated carbocycles. The van der Waals surface area contributed by atoms with E-state index in [1.54, 1.807) is 46.9 Å². The van der Waals surface area contributed by atoms with Gasteiger partial charge in [-0.05, 0) is 308 Å². The lowest BCUT2D eigenvalue weighted by atomic mass is 10.1. The van der Waals surface area contributed by atoms with E-state index in [4.69, 9.17) is 44.9 Å². The van der Waals surface area contributed by atoms with Gasteiger partial charge in [-0.2, -0.15) is 0 Å². The van der Waals surface area contributed by atoms with Gasteiger partial charge in [-0.3, -0.25) is 0 Å². The average molecular weight is 1850 g/mol. The molecular weight excluding hydrogens is 1720 g/mol. The molecule has 7 unspecified atom stereocenters. The summed E-state index contributed by atoms with van der Waals surface area (Å²) in [5, 5.41) is 9.74. The van der Waals surface area contributed by atoms with Crippen LogP contribution in [-0.4, -0.2) is 112 Å². The third kappa shape index (κ3) is 14.4.